The first kappa shape index (κ1) is 20.6. The van der Waals surface area contributed by atoms with Gasteiger partial charge in [-0.25, -0.2) is 9.97 Å². The van der Waals surface area contributed by atoms with Gasteiger partial charge in [-0.15, -0.1) is 11.3 Å². The second-order valence-corrected chi connectivity index (χ2v) is 8.66. The van der Waals surface area contributed by atoms with Gasteiger partial charge >= 0.3 is 5.97 Å². The van der Waals surface area contributed by atoms with Crippen molar-refractivity contribution in [1.29, 1.82) is 0 Å². The summed E-state index contributed by atoms with van der Waals surface area (Å²) < 4.78 is 11.8. The molecule has 1 aliphatic heterocycles. The van der Waals surface area contributed by atoms with Crippen LogP contribution < -0.4 is 14.8 Å². The smallest absolute Gasteiger partial charge is 0.320 e. The van der Waals surface area contributed by atoms with Crippen LogP contribution in [0.5, 0.6) is 11.5 Å². The van der Waals surface area contributed by atoms with E-state index in [0.717, 1.165) is 38.6 Å². The van der Waals surface area contributed by atoms with Gasteiger partial charge < -0.3 is 19.9 Å². The SMILES string of the molecule is COc1ccc2c(OC3CNC(C(=O)O)C3)cc(-c3nc(C(C)C)cs3)nc2c1C. The van der Waals surface area contributed by atoms with Crippen molar-refractivity contribution in [2.24, 2.45) is 0 Å². The highest BCUT2D eigenvalue weighted by molar-refractivity contribution is 7.13. The summed E-state index contributed by atoms with van der Waals surface area (Å²) in [6.45, 7) is 6.69. The molecule has 2 N–H and O–H groups in total. The Kier molecular flexibility index (Phi) is 5.62. The van der Waals surface area contributed by atoms with E-state index in [1.807, 2.05) is 25.1 Å². The summed E-state index contributed by atoms with van der Waals surface area (Å²) >= 11 is 1.56. The fourth-order valence-corrected chi connectivity index (χ4v) is 4.58. The Morgan fingerprint density at radius 1 is 1.30 bits per heavy atom. The standard InChI is InChI=1S/C22H25N3O4S/c1-11(2)17-10-30-21(25-17)15-8-19(29-13-7-16(22(26)27)23-9-13)14-5-6-18(28-4)12(3)20(14)24-15/h5-6,8,10-11,13,16,23H,7,9H2,1-4H3,(H,26,27). The molecule has 2 unspecified atom stereocenters. The van der Waals surface area contributed by atoms with Crippen LogP contribution in [-0.2, 0) is 4.79 Å². The van der Waals surface area contributed by atoms with Gasteiger partial charge in [0.25, 0.3) is 0 Å². The molecule has 2 atom stereocenters. The Hall–Kier alpha value is -2.71. The number of hydrogen-bond donors (Lipinski definition) is 2. The molecule has 1 fully saturated rings. The number of methoxy groups -OCH3 is 1. The number of aryl methyl sites for hydroxylation is 1. The van der Waals surface area contributed by atoms with Crippen molar-refractivity contribution in [3.63, 3.8) is 0 Å². The highest BCUT2D eigenvalue weighted by atomic mass is 32.1. The number of carboxylic acid groups (broad SMARTS) is 1. The maximum Gasteiger partial charge on any atom is 0.320 e. The van der Waals surface area contributed by atoms with E-state index in [1.165, 1.54) is 0 Å². The maximum absolute atomic E-state index is 11.3. The van der Waals surface area contributed by atoms with Gasteiger partial charge in [0.05, 0.1) is 18.3 Å². The lowest BCUT2D eigenvalue weighted by Gasteiger charge is -2.17. The molecule has 0 bridgehead atoms. The van der Waals surface area contributed by atoms with Crippen molar-refractivity contribution < 1.29 is 19.4 Å². The summed E-state index contributed by atoms with van der Waals surface area (Å²) in [7, 11) is 1.64. The number of rotatable bonds is 6. The minimum Gasteiger partial charge on any atom is -0.496 e. The number of nitrogens with one attached hydrogen (secondary N) is 1. The lowest BCUT2D eigenvalue weighted by molar-refractivity contribution is -0.139. The van der Waals surface area contributed by atoms with E-state index in [-0.39, 0.29) is 6.10 Å². The number of hydrogen-bond acceptors (Lipinski definition) is 7. The van der Waals surface area contributed by atoms with Crippen LogP contribution in [0.3, 0.4) is 0 Å². The molecule has 158 valence electrons. The van der Waals surface area contributed by atoms with Gasteiger partial charge in [-0.2, -0.15) is 0 Å². The Morgan fingerprint density at radius 2 is 2.10 bits per heavy atom. The summed E-state index contributed by atoms with van der Waals surface area (Å²) in [4.78, 5) is 20.9. The van der Waals surface area contributed by atoms with Gasteiger partial charge in [0.15, 0.2) is 0 Å². The first-order chi connectivity index (χ1) is 14.4. The van der Waals surface area contributed by atoms with Gasteiger partial charge in [-0.3, -0.25) is 4.79 Å². The zero-order valence-electron chi connectivity index (χ0n) is 17.4. The third-order valence-electron chi connectivity index (χ3n) is 5.38. The molecule has 2 aromatic heterocycles. The fourth-order valence-electron chi connectivity index (χ4n) is 3.64. The van der Waals surface area contributed by atoms with Crippen LogP contribution >= 0.6 is 11.3 Å². The first-order valence-electron chi connectivity index (χ1n) is 9.94. The summed E-state index contributed by atoms with van der Waals surface area (Å²) in [6.07, 6.45) is 0.188. The Bertz CT molecular complexity index is 1100. The molecule has 0 amide bonds. The predicted molar refractivity (Wildman–Crippen MR) is 117 cm³/mol. The molecule has 1 saturated heterocycles. The van der Waals surface area contributed by atoms with Crippen LogP contribution in [0.4, 0.5) is 0 Å². The average Bonchev–Trinajstić information content (AvgIpc) is 3.38. The van der Waals surface area contributed by atoms with Gasteiger partial charge in [-0.05, 0) is 25.0 Å². The van der Waals surface area contributed by atoms with Crippen LogP contribution in [0.1, 0.15) is 37.4 Å². The van der Waals surface area contributed by atoms with E-state index in [9.17, 15) is 9.90 Å². The number of carboxylic acids is 1. The largest absolute Gasteiger partial charge is 0.496 e. The molecule has 30 heavy (non-hydrogen) atoms. The zero-order chi connectivity index (χ0) is 21.4. The lowest BCUT2D eigenvalue weighted by atomic mass is 10.1. The highest BCUT2D eigenvalue weighted by Crippen LogP contribution is 2.37. The van der Waals surface area contributed by atoms with E-state index in [4.69, 9.17) is 19.4 Å². The predicted octanol–water partition coefficient (Wildman–Crippen LogP) is 3.99. The topological polar surface area (TPSA) is 93.6 Å². The molecule has 3 heterocycles. The number of carbonyl (C=O) groups is 1. The second kappa shape index (κ2) is 8.20. The quantitative estimate of drug-likeness (QED) is 0.614. The molecule has 0 spiro atoms. The van der Waals surface area contributed by atoms with E-state index >= 15 is 0 Å². The Morgan fingerprint density at radius 3 is 2.73 bits per heavy atom. The number of fused-ring (bicyclic) bond motifs is 1. The van der Waals surface area contributed by atoms with Crippen LogP contribution in [0.2, 0.25) is 0 Å². The minimum atomic E-state index is -0.856. The van der Waals surface area contributed by atoms with E-state index in [0.29, 0.717) is 24.6 Å². The molecule has 1 aliphatic rings. The molecule has 0 aliphatic carbocycles. The zero-order valence-corrected chi connectivity index (χ0v) is 18.2. The minimum absolute atomic E-state index is 0.227. The summed E-state index contributed by atoms with van der Waals surface area (Å²) in [5, 5.41) is 16.0. The molecule has 4 rings (SSSR count). The van der Waals surface area contributed by atoms with Crippen LogP contribution in [-0.4, -0.2) is 46.8 Å². The lowest BCUT2D eigenvalue weighted by Crippen LogP contribution is -2.30. The average molecular weight is 428 g/mol. The second-order valence-electron chi connectivity index (χ2n) is 7.80. The first-order valence-corrected chi connectivity index (χ1v) is 10.8. The number of pyridine rings is 1. The molecule has 1 aromatic carbocycles. The summed E-state index contributed by atoms with van der Waals surface area (Å²) in [6, 6.07) is 5.16. The van der Waals surface area contributed by atoms with E-state index in [1.54, 1.807) is 18.4 Å². The molecule has 0 radical (unpaired) electrons. The normalized spacial score (nSPS) is 18.8. The molecule has 7 nitrogen and oxygen atoms in total. The Labute approximate surface area is 179 Å². The fraction of sp³-hybridized carbons (Fsp3) is 0.409. The van der Waals surface area contributed by atoms with Crippen LogP contribution in [0, 0.1) is 6.92 Å². The molecule has 8 heteroatoms. The monoisotopic (exact) mass is 427 g/mol. The van der Waals surface area contributed by atoms with Gasteiger partial charge in [0.2, 0.25) is 0 Å². The van der Waals surface area contributed by atoms with E-state index < -0.39 is 12.0 Å². The van der Waals surface area contributed by atoms with Crippen LogP contribution in [0.25, 0.3) is 21.6 Å². The Balaban J connectivity index is 1.79. The summed E-state index contributed by atoms with van der Waals surface area (Å²) in [5.74, 6) is 0.921. The highest BCUT2D eigenvalue weighted by Gasteiger charge is 2.31. The van der Waals surface area contributed by atoms with Crippen LogP contribution in [0.15, 0.2) is 23.6 Å². The number of aromatic nitrogens is 2. The molecular weight excluding hydrogens is 402 g/mol. The summed E-state index contributed by atoms with van der Waals surface area (Å²) in [5.41, 5.74) is 3.50. The number of benzene rings is 1. The third kappa shape index (κ3) is 3.85. The van der Waals surface area contributed by atoms with Gasteiger partial charge in [0, 0.05) is 35.4 Å². The van der Waals surface area contributed by atoms with Crippen molar-refractivity contribution in [2.45, 2.75) is 45.3 Å². The van der Waals surface area contributed by atoms with Crippen molar-refractivity contribution in [1.82, 2.24) is 15.3 Å². The number of aliphatic carboxylic acids is 1. The molecular formula is C22H25N3O4S. The number of nitrogens with zero attached hydrogens (tertiary/aromatic N) is 2. The third-order valence-corrected chi connectivity index (χ3v) is 6.26. The van der Waals surface area contributed by atoms with Gasteiger partial charge in [0.1, 0.15) is 34.3 Å². The van der Waals surface area contributed by atoms with Crippen molar-refractivity contribution >= 4 is 28.2 Å². The van der Waals surface area contributed by atoms with Crippen molar-refractivity contribution in [3.05, 3.63) is 34.8 Å². The molecule has 0 saturated carbocycles. The van der Waals surface area contributed by atoms with Crippen molar-refractivity contribution in [3.8, 4) is 22.2 Å². The van der Waals surface area contributed by atoms with Crippen molar-refractivity contribution in [2.75, 3.05) is 13.7 Å². The molecule has 3 aromatic rings. The van der Waals surface area contributed by atoms with E-state index in [2.05, 4.69) is 24.5 Å². The number of thiazole rings is 1. The number of ether oxygens (including phenoxy) is 2. The maximum atomic E-state index is 11.3. The van der Waals surface area contributed by atoms with Gasteiger partial charge in [-0.1, -0.05) is 13.8 Å².